The molecule has 5 rings (SSSR count). The van der Waals surface area contributed by atoms with E-state index >= 15 is 0 Å². The predicted octanol–water partition coefficient (Wildman–Crippen LogP) is 3.94. The molecule has 0 fully saturated rings. The first kappa shape index (κ1) is 24.1. The molecule has 0 radical (unpaired) electrons. The van der Waals surface area contributed by atoms with Crippen LogP contribution < -0.4 is 15.7 Å². The van der Waals surface area contributed by atoms with E-state index in [0.29, 0.717) is 18.0 Å². The molecule has 2 aliphatic heterocycles. The molecule has 0 bridgehead atoms. The molecule has 10 heteroatoms. The van der Waals surface area contributed by atoms with Crippen LogP contribution in [-0.4, -0.2) is 44.3 Å². The van der Waals surface area contributed by atoms with Gasteiger partial charge in [0.05, 0.1) is 7.11 Å². The number of aromatic nitrogens is 4. The van der Waals surface area contributed by atoms with E-state index < -0.39 is 17.7 Å². The van der Waals surface area contributed by atoms with Crippen LogP contribution in [0.5, 0.6) is 5.88 Å². The smallest absolute Gasteiger partial charge is 0.280 e. The van der Waals surface area contributed by atoms with Crippen LogP contribution in [-0.2, 0) is 19.4 Å². The number of nitrogens with zero attached hydrogens (tertiary/aromatic N) is 5. The molecule has 5 heterocycles. The van der Waals surface area contributed by atoms with E-state index in [1.807, 2.05) is 20.0 Å². The summed E-state index contributed by atoms with van der Waals surface area (Å²) in [6.45, 7) is 7.18. The zero-order chi connectivity index (χ0) is 25.6. The van der Waals surface area contributed by atoms with Gasteiger partial charge >= 0.3 is 0 Å². The van der Waals surface area contributed by atoms with Gasteiger partial charge in [0.2, 0.25) is 5.88 Å². The molecule has 3 aromatic heterocycles. The van der Waals surface area contributed by atoms with Crippen LogP contribution in [0.25, 0.3) is 16.7 Å². The summed E-state index contributed by atoms with van der Waals surface area (Å²) in [4.78, 5) is 28.1. The van der Waals surface area contributed by atoms with Crippen molar-refractivity contribution in [3.63, 3.8) is 0 Å². The van der Waals surface area contributed by atoms with Crippen molar-refractivity contribution in [1.29, 1.82) is 0 Å². The third-order valence-corrected chi connectivity index (χ3v) is 7.02. The summed E-state index contributed by atoms with van der Waals surface area (Å²) in [5.41, 5.74) is 8.93. The van der Waals surface area contributed by atoms with Gasteiger partial charge in [-0.15, -0.1) is 0 Å². The number of hydrogen-bond acceptors (Lipinski definition) is 7. The number of nitrogens with one attached hydrogen (secondary N) is 1. The average Bonchev–Trinajstić information content (AvgIpc) is 2.89. The van der Waals surface area contributed by atoms with Crippen LogP contribution >= 0.6 is 0 Å². The van der Waals surface area contributed by atoms with Gasteiger partial charge in [0.15, 0.2) is 5.82 Å². The molecular formula is C26H28F2N6O2. The minimum absolute atomic E-state index is 0.228. The highest BCUT2D eigenvalue weighted by molar-refractivity contribution is 5.66. The van der Waals surface area contributed by atoms with Gasteiger partial charge in [-0.2, -0.15) is 0 Å². The quantitative estimate of drug-likeness (QED) is 0.575. The number of alkyl halides is 2. The molecule has 36 heavy (non-hydrogen) atoms. The van der Waals surface area contributed by atoms with Crippen LogP contribution in [0.2, 0.25) is 0 Å². The average molecular weight is 495 g/mol. The number of aryl methyl sites for hydroxylation is 1. The zero-order valence-corrected chi connectivity index (χ0v) is 20.7. The zero-order valence-electron chi connectivity index (χ0n) is 20.7. The molecule has 0 aromatic carbocycles. The van der Waals surface area contributed by atoms with E-state index in [0.717, 1.165) is 59.0 Å². The monoisotopic (exact) mass is 494 g/mol. The van der Waals surface area contributed by atoms with Crippen LogP contribution in [0, 0.1) is 0 Å². The van der Waals surface area contributed by atoms with E-state index in [9.17, 15) is 13.6 Å². The second kappa shape index (κ2) is 9.42. The van der Waals surface area contributed by atoms with Gasteiger partial charge in [0.1, 0.15) is 11.9 Å². The van der Waals surface area contributed by atoms with Crippen molar-refractivity contribution in [1.82, 2.24) is 24.5 Å². The largest absolute Gasteiger partial charge is 0.481 e. The minimum atomic E-state index is -2.80. The molecular weight excluding hydrogens is 466 g/mol. The number of halogens is 2. The van der Waals surface area contributed by atoms with Crippen molar-refractivity contribution in [3.05, 3.63) is 74.9 Å². The summed E-state index contributed by atoms with van der Waals surface area (Å²) in [6.07, 6.45) is 2.16. The lowest BCUT2D eigenvalue weighted by atomic mass is 9.98. The standard InChI is InChI=1S/C26H28F2N6O2/c1-5-16-8-17(12-30-26(16)36-4)18-9-19-13-33(7-6-20(19)29-11-18)25-15(3)14(2)24-31-21(23(27)28)10-22(35)34(24)32-25/h8-12,23,25,32H,5-7,13H2,1-4H3. The lowest BCUT2D eigenvalue weighted by Gasteiger charge is -2.40. The number of fused-ring (bicyclic) bond motifs is 2. The fraction of sp³-hybridized carbons (Fsp3) is 0.385. The summed E-state index contributed by atoms with van der Waals surface area (Å²) in [6, 6.07) is 5.11. The highest BCUT2D eigenvalue weighted by atomic mass is 19.3. The fourth-order valence-electron chi connectivity index (χ4n) is 4.86. The Kier molecular flexibility index (Phi) is 6.29. The maximum Gasteiger partial charge on any atom is 0.280 e. The number of methoxy groups -OCH3 is 1. The Morgan fingerprint density at radius 2 is 1.92 bits per heavy atom. The Morgan fingerprint density at radius 1 is 1.17 bits per heavy atom. The maximum atomic E-state index is 13.2. The molecule has 1 unspecified atom stereocenters. The van der Waals surface area contributed by atoms with Crippen molar-refractivity contribution in [2.75, 3.05) is 19.1 Å². The van der Waals surface area contributed by atoms with Gasteiger partial charge in [-0.05, 0) is 49.1 Å². The van der Waals surface area contributed by atoms with E-state index in [1.165, 1.54) is 4.68 Å². The van der Waals surface area contributed by atoms with Crippen LogP contribution in [0.15, 0.2) is 41.0 Å². The maximum absolute atomic E-state index is 13.2. The molecule has 0 saturated heterocycles. The summed E-state index contributed by atoms with van der Waals surface area (Å²) in [5.74, 6) is 0.858. The third kappa shape index (κ3) is 4.15. The number of rotatable bonds is 5. The van der Waals surface area contributed by atoms with Crippen molar-refractivity contribution >= 4 is 5.57 Å². The first-order chi connectivity index (χ1) is 17.3. The second-order valence-corrected chi connectivity index (χ2v) is 9.11. The highest BCUT2D eigenvalue weighted by Crippen LogP contribution is 2.31. The lowest BCUT2D eigenvalue weighted by Crippen LogP contribution is -2.52. The fourth-order valence-corrected chi connectivity index (χ4v) is 4.86. The normalized spacial score (nSPS) is 17.6. The van der Waals surface area contributed by atoms with Gasteiger partial charge < -0.3 is 4.74 Å². The molecule has 3 aromatic rings. The highest BCUT2D eigenvalue weighted by Gasteiger charge is 2.32. The summed E-state index contributed by atoms with van der Waals surface area (Å²) >= 11 is 0. The van der Waals surface area contributed by atoms with Gasteiger partial charge in [-0.1, -0.05) is 6.92 Å². The lowest BCUT2D eigenvalue weighted by molar-refractivity contribution is 0.145. The first-order valence-corrected chi connectivity index (χ1v) is 11.9. The summed E-state index contributed by atoms with van der Waals surface area (Å²) in [5, 5.41) is 0. The van der Waals surface area contributed by atoms with E-state index in [1.54, 1.807) is 13.3 Å². The Hall–Kier alpha value is -3.66. The number of ether oxygens (including phenoxy) is 1. The van der Waals surface area contributed by atoms with Crippen molar-refractivity contribution in [3.8, 4) is 17.0 Å². The van der Waals surface area contributed by atoms with Crippen molar-refractivity contribution in [2.45, 2.75) is 52.7 Å². The van der Waals surface area contributed by atoms with Crippen LogP contribution in [0.4, 0.5) is 8.78 Å². The Bertz CT molecular complexity index is 1420. The number of pyridine rings is 2. The molecule has 1 N–H and O–H groups in total. The first-order valence-electron chi connectivity index (χ1n) is 11.9. The number of allylic oxidation sites excluding steroid dienone is 1. The molecule has 0 amide bonds. The minimum Gasteiger partial charge on any atom is -0.481 e. The third-order valence-electron chi connectivity index (χ3n) is 7.02. The van der Waals surface area contributed by atoms with Crippen LogP contribution in [0.3, 0.4) is 0 Å². The van der Waals surface area contributed by atoms with Crippen LogP contribution in [0.1, 0.15) is 55.5 Å². The van der Waals surface area contributed by atoms with Gasteiger partial charge in [0.25, 0.3) is 12.0 Å². The molecule has 8 nitrogen and oxygen atoms in total. The Labute approximate surface area is 207 Å². The molecule has 1 atom stereocenters. The Balaban J connectivity index is 1.45. The predicted molar refractivity (Wildman–Crippen MR) is 132 cm³/mol. The van der Waals surface area contributed by atoms with Crippen molar-refractivity contribution in [2.24, 2.45) is 0 Å². The van der Waals surface area contributed by atoms with E-state index in [-0.39, 0.29) is 12.0 Å². The number of hydrogen-bond donors (Lipinski definition) is 1. The molecule has 0 aliphatic carbocycles. The topological polar surface area (TPSA) is 85.2 Å². The SMILES string of the molecule is CCc1cc(-c2cnc3c(c2)CN(C2Nn4c(nc(C(F)F)cc4=O)C(C)=C2C)CC3)cnc1OC. The molecule has 2 aliphatic rings. The molecule has 0 spiro atoms. The van der Waals surface area contributed by atoms with E-state index in [4.69, 9.17) is 9.72 Å². The second-order valence-electron chi connectivity index (χ2n) is 9.11. The van der Waals surface area contributed by atoms with Gasteiger partial charge in [0, 0.05) is 60.4 Å². The van der Waals surface area contributed by atoms with E-state index in [2.05, 4.69) is 39.4 Å². The molecule has 188 valence electrons. The van der Waals surface area contributed by atoms with Crippen molar-refractivity contribution < 1.29 is 13.5 Å². The molecule has 0 saturated carbocycles. The van der Waals surface area contributed by atoms with Gasteiger partial charge in [-0.3, -0.25) is 20.1 Å². The van der Waals surface area contributed by atoms with Gasteiger partial charge in [-0.25, -0.2) is 23.4 Å². The summed E-state index contributed by atoms with van der Waals surface area (Å²) < 4.78 is 33.1. The Morgan fingerprint density at radius 3 is 2.64 bits per heavy atom. The summed E-state index contributed by atoms with van der Waals surface area (Å²) in [7, 11) is 1.62.